The van der Waals surface area contributed by atoms with Crippen LogP contribution in [0.5, 0.6) is 11.5 Å². The van der Waals surface area contributed by atoms with Crippen LogP contribution in [0, 0.1) is 0 Å². The van der Waals surface area contributed by atoms with Gasteiger partial charge >= 0.3 is 0 Å². The normalized spacial score (nSPS) is 14.0. The van der Waals surface area contributed by atoms with Crippen LogP contribution in [0.15, 0.2) is 72.9 Å². The Morgan fingerprint density at radius 3 is 2.47 bits per heavy atom. The monoisotopic (exact) mass is 454 g/mol. The van der Waals surface area contributed by atoms with Gasteiger partial charge in [0, 0.05) is 49.6 Å². The molecule has 0 aliphatic carbocycles. The predicted octanol–water partition coefficient (Wildman–Crippen LogP) is 5.30. The molecule has 0 N–H and O–H groups in total. The molecular weight excluding hydrogens is 424 g/mol. The summed E-state index contributed by atoms with van der Waals surface area (Å²) in [6.07, 6.45) is 3.45. The number of benzene rings is 3. The van der Waals surface area contributed by atoms with E-state index in [1.807, 2.05) is 29.2 Å². The van der Waals surface area contributed by atoms with Gasteiger partial charge in [-0.25, -0.2) is 0 Å². The molecule has 3 aromatic carbocycles. The highest BCUT2D eigenvalue weighted by Crippen LogP contribution is 2.39. The van der Waals surface area contributed by atoms with E-state index in [0.29, 0.717) is 24.5 Å². The van der Waals surface area contributed by atoms with Crippen molar-refractivity contribution >= 4 is 16.8 Å². The number of carbonyl (C=O) groups is 1. The van der Waals surface area contributed by atoms with Gasteiger partial charge in [0.25, 0.3) is 0 Å². The zero-order chi connectivity index (χ0) is 23.7. The zero-order valence-corrected chi connectivity index (χ0v) is 20.0. The maximum atomic E-state index is 13.6. The van der Waals surface area contributed by atoms with Gasteiger partial charge < -0.3 is 18.9 Å². The fourth-order valence-corrected chi connectivity index (χ4v) is 5.14. The first kappa shape index (κ1) is 22.1. The Balaban J connectivity index is 1.53. The topological polar surface area (TPSA) is 43.7 Å². The summed E-state index contributed by atoms with van der Waals surface area (Å²) in [6, 6.07) is 22.8. The molecule has 1 atom stereocenters. The molecule has 0 saturated heterocycles. The first-order valence-corrected chi connectivity index (χ1v) is 11.7. The molecule has 0 bridgehead atoms. The molecule has 5 nitrogen and oxygen atoms in total. The van der Waals surface area contributed by atoms with Gasteiger partial charge in [-0.3, -0.25) is 4.79 Å². The van der Waals surface area contributed by atoms with Gasteiger partial charge in [-0.05, 0) is 46.9 Å². The highest BCUT2D eigenvalue weighted by Gasteiger charge is 2.27. The van der Waals surface area contributed by atoms with E-state index in [1.54, 1.807) is 14.2 Å². The highest BCUT2D eigenvalue weighted by molar-refractivity contribution is 5.86. The van der Waals surface area contributed by atoms with E-state index >= 15 is 0 Å². The van der Waals surface area contributed by atoms with Crippen molar-refractivity contribution in [3.63, 3.8) is 0 Å². The highest BCUT2D eigenvalue weighted by atomic mass is 16.5. The number of rotatable bonds is 6. The fourth-order valence-electron chi connectivity index (χ4n) is 5.14. The molecule has 0 saturated carbocycles. The number of fused-ring (bicyclic) bond motifs is 2. The van der Waals surface area contributed by atoms with Gasteiger partial charge in [0.05, 0.1) is 14.2 Å². The number of hydrogen-bond acceptors (Lipinski definition) is 3. The number of methoxy groups -OCH3 is 2. The molecule has 4 aromatic rings. The van der Waals surface area contributed by atoms with Crippen LogP contribution in [-0.2, 0) is 24.8 Å². The Kier molecular flexibility index (Phi) is 6.01. The lowest BCUT2D eigenvalue weighted by Crippen LogP contribution is -2.36. The number of hydrogen-bond donors (Lipinski definition) is 0. The van der Waals surface area contributed by atoms with Crippen LogP contribution in [0.3, 0.4) is 0 Å². The Labute approximate surface area is 200 Å². The third kappa shape index (κ3) is 4.03. The number of para-hydroxylation sites is 1. The predicted molar refractivity (Wildman–Crippen MR) is 134 cm³/mol. The van der Waals surface area contributed by atoms with Gasteiger partial charge in [0.1, 0.15) is 0 Å². The molecule has 0 fully saturated rings. The van der Waals surface area contributed by atoms with Crippen LogP contribution < -0.4 is 9.47 Å². The molecule has 5 heteroatoms. The van der Waals surface area contributed by atoms with Crippen molar-refractivity contribution in [1.82, 2.24) is 9.47 Å². The van der Waals surface area contributed by atoms with Crippen molar-refractivity contribution < 1.29 is 14.3 Å². The van der Waals surface area contributed by atoms with Crippen LogP contribution in [0.25, 0.3) is 10.9 Å². The van der Waals surface area contributed by atoms with Crippen LogP contribution in [-0.4, -0.2) is 36.1 Å². The molecule has 1 aliphatic heterocycles. The van der Waals surface area contributed by atoms with Crippen LogP contribution >= 0.6 is 0 Å². The maximum Gasteiger partial charge on any atom is 0.223 e. The van der Waals surface area contributed by atoms with Crippen LogP contribution in [0.2, 0.25) is 0 Å². The van der Waals surface area contributed by atoms with Gasteiger partial charge in [-0.2, -0.15) is 0 Å². The zero-order valence-electron chi connectivity index (χ0n) is 20.0. The average molecular weight is 455 g/mol. The second-order valence-electron chi connectivity index (χ2n) is 8.92. The fraction of sp³-hybridized carbons (Fsp3) is 0.276. The summed E-state index contributed by atoms with van der Waals surface area (Å²) in [5.74, 6) is 1.42. The summed E-state index contributed by atoms with van der Waals surface area (Å²) in [7, 11) is 5.34. The molecule has 0 spiro atoms. The van der Waals surface area contributed by atoms with Crippen molar-refractivity contribution in [2.24, 2.45) is 7.05 Å². The molecule has 1 amide bonds. The molecule has 2 heterocycles. The summed E-state index contributed by atoms with van der Waals surface area (Å²) < 4.78 is 13.2. The number of nitrogens with zero attached hydrogens (tertiary/aromatic N) is 2. The largest absolute Gasteiger partial charge is 0.493 e. The van der Waals surface area contributed by atoms with Crippen molar-refractivity contribution in [1.29, 1.82) is 0 Å². The Morgan fingerprint density at radius 2 is 1.68 bits per heavy atom. The third-order valence-corrected chi connectivity index (χ3v) is 6.98. The van der Waals surface area contributed by atoms with Gasteiger partial charge in [0.2, 0.25) is 5.91 Å². The van der Waals surface area contributed by atoms with Gasteiger partial charge in [-0.1, -0.05) is 48.5 Å². The van der Waals surface area contributed by atoms with E-state index in [2.05, 4.69) is 60.3 Å². The summed E-state index contributed by atoms with van der Waals surface area (Å²) in [6.45, 7) is 1.42. The lowest BCUT2D eigenvalue weighted by Gasteiger charge is -2.30. The SMILES string of the molecule is COc1ccc(C(CC(=O)N2CCc3ccccc3C2)c2cn(C)c3ccccc23)cc1OC. The minimum Gasteiger partial charge on any atom is -0.493 e. The minimum absolute atomic E-state index is 0.101. The third-order valence-electron chi connectivity index (χ3n) is 6.98. The first-order valence-electron chi connectivity index (χ1n) is 11.7. The van der Waals surface area contributed by atoms with Crippen LogP contribution in [0.4, 0.5) is 0 Å². The lowest BCUT2D eigenvalue weighted by atomic mass is 9.87. The van der Waals surface area contributed by atoms with Crippen molar-refractivity contribution in [3.8, 4) is 11.5 Å². The standard InChI is InChI=1S/C29H30N2O3/c1-30-19-25(23-10-6-7-11-26(23)30)24(21-12-13-27(33-2)28(16-21)34-3)17-29(32)31-15-14-20-8-4-5-9-22(20)18-31/h4-13,16,19,24H,14-15,17-18H2,1-3H3. The summed E-state index contributed by atoms with van der Waals surface area (Å²) in [5, 5.41) is 1.17. The van der Waals surface area contributed by atoms with E-state index in [1.165, 1.54) is 16.5 Å². The Morgan fingerprint density at radius 1 is 0.941 bits per heavy atom. The number of aromatic nitrogens is 1. The molecule has 1 aromatic heterocycles. The molecular formula is C29H30N2O3. The van der Waals surface area contributed by atoms with Crippen molar-refractivity contribution in [2.75, 3.05) is 20.8 Å². The molecule has 1 unspecified atom stereocenters. The van der Waals surface area contributed by atoms with E-state index < -0.39 is 0 Å². The molecule has 174 valence electrons. The quantitative estimate of drug-likeness (QED) is 0.397. The number of carbonyl (C=O) groups excluding carboxylic acids is 1. The molecule has 5 rings (SSSR count). The van der Waals surface area contributed by atoms with E-state index in [9.17, 15) is 4.79 Å². The van der Waals surface area contributed by atoms with E-state index in [0.717, 1.165) is 29.6 Å². The second kappa shape index (κ2) is 9.26. The van der Waals surface area contributed by atoms with Gasteiger partial charge in [0.15, 0.2) is 11.5 Å². The number of aryl methyl sites for hydroxylation is 1. The summed E-state index contributed by atoms with van der Waals surface area (Å²) >= 11 is 0. The second-order valence-corrected chi connectivity index (χ2v) is 8.92. The summed E-state index contributed by atoms with van der Waals surface area (Å²) in [4.78, 5) is 15.6. The van der Waals surface area contributed by atoms with Crippen LogP contribution in [0.1, 0.15) is 34.6 Å². The van der Waals surface area contributed by atoms with Crippen molar-refractivity contribution in [3.05, 3.63) is 95.2 Å². The molecule has 34 heavy (non-hydrogen) atoms. The minimum atomic E-state index is -0.101. The Hall–Kier alpha value is -3.73. The first-order chi connectivity index (χ1) is 16.6. The summed E-state index contributed by atoms with van der Waals surface area (Å²) in [5.41, 5.74) is 5.94. The molecule has 1 aliphatic rings. The van der Waals surface area contributed by atoms with Crippen molar-refractivity contribution in [2.45, 2.75) is 25.3 Å². The van der Waals surface area contributed by atoms with Gasteiger partial charge in [-0.15, -0.1) is 0 Å². The Bertz CT molecular complexity index is 1340. The van der Waals surface area contributed by atoms with E-state index in [-0.39, 0.29) is 11.8 Å². The number of ether oxygens (including phenoxy) is 2. The maximum absolute atomic E-state index is 13.6. The lowest BCUT2D eigenvalue weighted by molar-refractivity contribution is -0.132. The number of amides is 1. The van der Waals surface area contributed by atoms with E-state index in [4.69, 9.17) is 9.47 Å². The molecule has 0 radical (unpaired) electrons. The average Bonchev–Trinajstić information content (AvgIpc) is 3.22. The smallest absolute Gasteiger partial charge is 0.223 e.